The molecule has 0 atom stereocenters. The first-order chi connectivity index (χ1) is 17.1. The SMILES string of the molecule is COc1ccccc1-n1c(SCc2nc(C(=O)N3CCC(C)CC3)cs2)nnc1-c1ccncc1. The van der Waals surface area contributed by atoms with Crippen molar-refractivity contribution in [3.63, 3.8) is 0 Å². The summed E-state index contributed by atoms with van der Waals surface area (Å²) >= 11 is 3.04. The van der Waals surface area contributed by atoms with E-state index in [0.717, 1.165) is 53.1 Å². The number of rotatable bonds is 7. The molecule has 1 fully saturated rings. The quantitative estimate of drug-likeness (QED) is 0.328. The van der Waals surface area contributed by atoms with Gasteiger partial charge in [0.1, 0.15) is 16.5 Å². The highest BCUT2D eigenvalue weighted by Gasteiger charge is 2.24. The molecule has 3 aromatic heterocycles. The second-order valence-corrected chi connectivity index (χ2v) is 10.3. The third kappa shape index (κ3) is 5.08. The van der Waals surface area contributed by atoms with Crippen molar-refractivity contribution < 1.29 is 9.53 Å². The molecule has 0 bridgehead atoms. The van der Waals surface area contributed by atoms with Gasteiger partial charge in [0.2, 0.25) is 0 Å². The smallest absolute Gasteiger partial charge is 0.273 e. The Balaban J connectivity index is 1.39. The topological polar surface area (TPSA) is 86.0 Å². The zero-order valence-electron chi connectivity index (χ0n) is 19.6. The molecule has 180 valence electrons. The summed E-state index contributed by atoms with van der Waals surface area (Å²) in [5.41, 5.74) is 2.29. The molecule has 0 spiro atoms. The number of carbonyl (C=O) groups excluding carboxylic acids is 1. The maximum Gasteiger partial charge on any atom is 0.273 e. The molecule has 1 aliphatic heterocycles. The van der Waals surface area contributed by atoms with Crippen LogP contribution < -0.4 is 4.74 Å². The Morgan fingerprint density at radius 3 is 2.69 bits per heavy atom. The van der Waals surface area contributed by atoms with Gasteiger partial charge in [0.15, 0.2) is 11.0 Å². The number of methoxy groups -OCH3 is 1. The van der Waals surface area contributed by atoms with E-state index in [2.05, 4.69) is 27.1 Å². The van der Waals surface area contributed by atoms with Crippen LogP contribution in [0, 0.1) is 5.92 Å². The zero-order chi connectivity index (χ0) is 24.2. The number of thioether (sulfide) groups is 1. The van der Waals surface area contributed by atoms with E-state index in [9.17, 15) is 4.79 Å². The van der Waals surface area contributed by atoms with Crippen molar-refractivity contribution in [1.82, 2.24) is 29.6 Å². The van der Waals surface area contributed by atoms with Crippen LogP contribution in [0.1, 0.15) is 35.3 Å². The molecule has 10 heteroatoms. The number of aromatic nitrogens is 5. The van der Waals surface area contributed by atoms with E-state index in [-0.39, 0.29) is 5.91 Å². The van der Waals surface area contributed by atoms with E-state index in [1.54, 1.807) is 19.5 Å². The molecule has 1 aliphatic rings. The van der Waals surface area contributed by atoms with Crippen LogP contribution in [-0.4, -0.2) is 55.7 Å². The number of thiazole rings is 1. The van der Waals surface area contributed by atoms with Gasteiger partial charge in [-0.05, 0) is 43.0 Å². The lowest BCUT2D eigenvalue weighted by Crippen LogP contribution is -2.38. The van der Waals surface area contributed by atoms with Crippen molar-refractivity contribution in [2.75, 3.05) is 20.2 Å². The molecule has 1 saturated heterocycles. The maximum absolute atomic E-state index is 12.9. The maximum atomic E-state index is 12.9. The van der Waals surface area contributed by atoms with Crippen molar-refractivity contribution in [2.24, 2.45) is 5.92 Å². The normalized spacial score (nSPS) is 14.3. The summed E-state index contributed by atoms with van der Waals surface area (Å²) in [4.78, 5) is 23.6. The van der Waals surface area contributed by atoms with Gasteiger partial charge in [-0.25, -0.2) is 4.98 Å². The fourth-order valence-corrected chi connectivity index (χ4v) is 5.79. The number of nitrogens with zero attached hydrogens (tertiary/aromatic N) is 6. The van der Waals surface area contributed by atoms with Gasteiger partial charge < -0.3 is 9.64 Å². The number of benzene rings is 1. The largest absolute Gasteiger partial charge is 0.495 e. The Hall–Kier alpha value is -3.24. The predicted octanol–water partition coefficient (Wildman–Crippen LogP) is 4.96. The Kier molecular flexibility index (Phi) is 7.10. The van der Waals surface area contributed by atoms with Gasteiger partial charge in [0.05, 0.1) is 18.6 Å². The minimum absolute atomic E-state index is 0.0292. The average Bonchev–Trinajstić information content (AvgIpc) is 3.55. The van der Waals surface area contributed by atoms with E-state index < -0.39 is 0 Å². The predicted molar refractivity (Wildman–Crippen MR) is 137 cm³/mol. The second-order valence-electron chi connectivity index (χ2n) is 8.44. The highest BCUT2D eigenvalue weighted by molar-refractivity contribution is 7.98. The van der Waals surface area contributed by atoms with Gasteiger partial charge in [-0.3, -0.25) is 14.3 Å². The number of likely N-dealkylation sites (tertiary alicyclic amines) is 1. The molecule has 1 aromatic carbocycles. The highest BCUT2D eigenvalue weighted by atomic mass is 32.2. The summed E-state index contributed by atoms with van der Waals surface area (Å²) in [5.74, 6) is 2.72. The highest BCUT2D eigenvalue weighted by Crippen LogP contribution is 2.34. The van der Waals surface area contributed by atoms with E-state index in [4.69, 9.17) is 4.74 Å². The molecule has 1 amide bonds. The van der Waals surface area contributed by atoms with Crippen LogP contribution in [0.25, 0.3) is 17.1 Å². The summed E-state index contributed by atoms with van der Waals surface area (Å²) in [5, 5.41) is 12.4. The molecular weight excluding hydrogens is 480 g/mol. The van der Waals surface area contributed by atoms with Gasteiger partial charge >= 0.3 is 0 Å². The Morgan fingerprint density at radius 2 is 1.91 bits per heavy atom. The third-order valence-corrected chi connectivity index (χ3v) is 8.04. The van der Waals surface area contributed by atoms with Crippen molar-refractivity contribution in [2.45, 2.75) is 30.7 Å². The second kappa shape index (κ2) is 10.6. The summed E-state index contributed by atoms with van der Waals surface area (Å²) in [6.07, 6.45) is 5.58. The lowest BCUT2D eigenvalue weighted by molar-refractivity contribution is 0.0692. The first-order valence-electron chi connectivity index (χ1n) is 11.5. The van der Waals surface area contributed by atoms with E-state index in [1.165, 1.54) is 23.1 Å². The third-order valence-electron chi connectivity index (χ3n) is 6.06. The number of ether oxygens (including phenoxy) is 1. The molecule has 5 rings (SSSR count). The average molecular weight is 507 g/mol. The Morgan fingerprint density at radius 1 is 1.14 bits per heavy atom. The van der Waals surface area contributed by atoms with Crippen LogP contribution in [0.5, 0.6) is 5.75 Å². The summed E-state index contributed by atoms with van der Waals surface area (Å²) in [7, 11) is 1.65. The van der Waals surface area contributed by atoms with Crippen LogP contribution in [0.15, 0.2) is 59.3 Å². The molecule has 0 aliphatic carbocycles. The van der Waals surface area contributed by atoms with Crippen LogP contribution in [0.4, 0.5) is 0 Å². The minimum atomic E-state index is 0.0292. The number of hydrogen-bond acceptors (Lipinski definition) is 8. The van der Waals surface area contributed by atoms with Crippen LogP contribution >= 0.6 is 23.1 Å². The van der Waals surface area contributed by atoms with Gasteiger partial charge in [-0.15, -0.1) is 21.5 Å². The van der Waals surface area contributed by atoms with Crippen molar-refractivity contribution >= 4 is 29.0 Å². The lowest BCUT2D eigenvalue weighted by atomic mass is 9.99. The molecule has 8 nitrogen and oxygen atoms in total. The lowest BCUT2D eigenvalue weighted by Gasteiger charge is -2.29. The zero-order valence-corrected chi connectivity index (χ0v) is 21.3. The van der Waals surface area contributed by atoms with E-state index >= 15 is 0 Å². The fourth-order valence-electron chi connectivity index (χ4n) is 4.06. The molecule has 0 unspecified atom stereocenters. The number of pyridine rings is 1. The van der Waals surface area contributed by atoms with Crippen molar-refractivity contribution in [3.05, 3.63) is 64.9 Å². The van der Waals surface area contributed by atoms with Crippen molar-refractivity contribution in [3.8, 4) is 22.8 Å². The van der Waals surface area contributed by atoms with E-state index in [1.807, 2.05) is 51.2 Å². The number of amides is 1. The molecule has 35 heavy (non-hydrogen) atoms. The van der Waals surface area contributed by atoms with Gasteiger partial charge in [0, 0.05) is 36.4 Å². The van der Waals surface area contributed by atoms with Crippen molar-refractivity contribution in [1.29, 1.82) is 0 Å². The monoisotopic (exact) mass is 506 g/mol. The molecule has 4 heterocycles. The summed E-state index contributed by atoms with van der Waals surface area (Å²) in [6.45, 7) is 3.85. The van der Waals surface area contributed by atoms with Crippen LogP contribution in [-0.2, 0) is 5.75 Å². The molecule has 0 saturated carbocycles. The minimum Gasteiger partial charge on any atom is -0.495 e. The van der Waals surface area contributed by atoms with Gasteiger partial charge in [-0.2, -0.15) is 0 Å². The van der Waals surface area contributed by atoms with Gasteiger partial charge in [-0.1, -0.05) is 30.8 Å². The molecule has 0 N–H and O–H groups in total. The standard InChI is InChI=1S/C25H26N6O2S2/c1-17-9-13-30(14-10-17)24(32)19-15-34-22(27-19)16-35-25-29-28-23(18-7-11-26-12-8-18)31(25)20-5-3-4-6-21(20)33-2/h3-8,11-12,15,17H,9-10,13-14,16H2,1-2H3. The number of hydrogen-bond donors (Lipinski definition) is 0. The summed E-state index contributed by atoms with van der Waals surface area (Å²) in [6, 6.07) is 11.6. The number of para-hydroxylation sites is 2. The van der Waals surface area contributed by atoms with Crippen LogP contribution in [0.2, 0.25) is 0 Å². The Bertz CT molecular complexity index is 1300. The molecule has 0 radical (unpaired) electrons. The first-order valence-corrected chi connectivity index (χ1v) is 13.4. The summed E-state index contributed by atoms with van der Waals surface area (Å²) < 4.78 is 7.61. The number of carbonyl (C=O) groups is 1. The Labute approximate surface area is 212 Å². The molecule has 4 aromatic rings. The fraction of sp³-hybridized carbons (Fsp3) is 0.320. The number of piperidine rings is 1. The molecular formula is C25H26N6O2S2. The van der Waals surface area contributed by atoms with E-state index in [0.29, 0.717) is 23.2 Å². The van der Waals surface area contributed by atoms with Crippen LogP contribution in [0.3, 0.4) is 0 Å². The van der Waals surface area contributed by atoms with Gasteiger partial charge in [0.25, 0.3) is 5.91 Å². The first kappa shape index (κ1) is 23.5.